The Labute approximate surface area is 90.2 Å². The monoisotopic (exact) mass is 216 g/mol. The Kier molecular flexibility index (Phi) is 3.93. The molecule has 0 aromatic heterocycles. The fourth-order valence-corrected chi connectivity index (χ4v) is 1.55. The second-order valence-electron chi connectivity index (χ2n) is 4.85. The van der Waals surface area contributed by atoms with Gasteiger partial charge in [-0.15, -0.1) is 0 Å². The molecule has 0 aromatic rings. The highest BCUT2D eigenvalue weighted by Crippen LogP contribution is 2.10. The normalized spacial score (nSPS) is 26.4. The van der Waals surface area contributed by atoms with Gasteiger partial charge in [-0.1, -0.05) is 0 Å². The Morgan fingerprint density at radius 1 is 1.53 bits per heavy atom. The zero-order valence-corrected chi connectivity index (χ0v) is 9.54. The molecule has 0 aliphatic carbocycles. The van der Waals surface area contributed by atoms with Crippen molar-refractivity contribution in [2.45, 2.75) is 32.4 Å². The van der Waals surface area contributed by atoms with E-state index in [9.17, 15) is 4.79 Å². The molecular formula is C10H20N2O3. The summed E-state index contributed by atoms with van der Waals surface area (Å²) in [6.45, 7) is 6.96. The van der Waals surface area contributed by atoms with Crippen molar-refractivity contribution in [2.75, 3.05) is 19.7 Å². The first-order valence-corrected chi connectivity index (χ1v) is 5.23. The number of hydrogen-bond acceptors (Lipinski definition) is 4. The van der Waals surface area contributed by atoms with Crippen molar-refractivity contribution >= 4 is 6.09 Å². The zero-order valence-electron chi connectivity index (χ0n) is 9.54. The number of ether oxygens (including phenoxy) is 1. The minimum absolute atomic E-state index is 0.0372. The maximum atomic E-state index is 11.4. The van der Waals surface area contributed by atoms with Gasteiger partial charge in [-0.25, -0.2) is 4.79 Å². The summed E-state index contributed by atoms with van der Waals surface area (Å²) in [6, 6.07) is -0.0372. The summed E-state index contributed by atoms with van der Waals surface area (Å²) in [7, 11) is 0. The van der Waals surface area contributed by atoms with E-state index in [4.69, 9.17) is 9.84 Å². The van der Waals surface area contributed by atoms with Crippen LogP contribution in [0.25, 0.3) is 0 Å². The third-order valence-electron chi connectivity index (χ3n) is 2.28. The Morgan fingerprint density at radius 3 is 2.73 bits per heavy atom. The lowest BCUT2D eigenvalue weighted by Gasteiger charge is -2.23. The number of aliphatic hydroxyl groups excluding tert-OH is 1. The first-order valence-electron chi connectivity index (χ1n) is 5.23. The van der Waals surface area contributed by atoms with E-state index in [1.165, 1.54) is 0 Å². The van der Waals surface area contributed by atoms with Crippen molar-refractivity contribution in [3.05, 3.63) is 0 Å². The Morgan fingerprint density at radius 2 is 2.20 bits per heavy atom. The standard InChI is InChI=1S/C10H20N2O3/c1-10(2,3)15-9(14)12-8-5-11-4-7(8)6-13/h7-8,11,13H,4-6H2,1-3H3,(H,12,14)/t7-,8+/m0/s1. The van der Waals surface area contributed by atoms with E-state index in [0.717, 1.165) is 6.54 Å². The van der Waals surface area contributed by atoms with Crippen LogP contribution < -0.4 is 10.6 Å². The maximum Gasteiger partial charge on any atom is 0.407 e. The van der Waals surface area contributed by atoms with Crippen LogP contribution in [0.3, 0.4) is 0 Å². The molecule has 0 unspecified atom stereocenters. The van der Waals surface area contributed by atoms with Crippen molar-refractivity contribution < 1.29 is 14.6 Å². The van der Waals surface area contributed by atoms with Crippen molar-refractivity contribution in [1.82, 2.24) is 10.6 Å². The van der Waals surface area contributed by atoms with Gasteiger partial charge in [-0.3, -0.25) is 0 Å². The van der Waals surface area contributed by atoms with E-state index >= 15 is 0 Å². The van der Waals surface area contributed by atoms with Gasteiger partial charge in [-0.05, 0) is 20.8 Å². The fraction of sp³-hybridized carbons (Fsp3) is 0.900. The van der Waals surface area contributed by atoms with Crippen LogP contribution in [0.4, 0.5) is 4.79 Å². The average Bonchev–Trinajstić information content (AvgIpc) is 2.48. The van der Waals surface area contributed by atoms with Crippen molar-refractivity contribution in [1.29, 1.82) is 0 Å². The molecule has 5 heteroatoms. The van der Waals surface area contributed by atoms with Crippen molar-refractivity contribution in [3.63, 3.8) is 0 Å². The van der Waals surface area contributed by atoms with Crippen LogP contribution in [-0.2, 0) is 4.74 Å². The lowest BCUT2D eigenvalue weighted by atomic mass is 10.1. The molecule has 15 heavy (non-hydrogen) atoms. The van der Waals surface area contributed by atoms with Crippen LogP contribution in [0.5, 0.6) is 0 Å². The smallest absolute Gasteiger partial charge is 0.407 e. The summed E-state index contributed by atoms with van der Waals surface area (Å²) in [4.78, 5) is 11.4. The van der Waals surface area contributed by atoms with Crippen molar-refractivity contribution in [2.24, 2.45) is 5.92 Å². The fourth-order valence-electron chi connectivity index (χ4n) is 1.55. The second kappa shape index (κ2) is 4.81. The molecule has 0 bridgehead atoms. The molecule has 1 aliphatic rings. The highest BCUT2D eigenvalue weighted by Gasteiger charge is 2.29. The molecule has 1 heterocycles. The minimum Gasteiger partial charge on any atom is -0.444 e. The number of hydrogen-bond donors (Lipinski definition) is 3. The molecule has 1 aliphatic heterocycles. The lowest BCUT2D eigenvalue weighted by molar-refractivity contribution is 0.0488. The maximum absolute atomic E-state index is 11.4. The van der Waals surface area contributed by atoms with E-state index in [2.05, 4.69) is 10.6 Å². The summed E-state index contributed by atoms with van der Waals surface area (Å²) in [5, 5.41) is 14.9. The van der Waals surface area contributed by atoms with Crippen LogP contribution in [0.1, 0.15) is 20.8 Å². The van der Waals surface area contributed by atoms with Gasteiger partial charge in [0.1, 0.15) is 5.60 Å². The van der Waals surface area contributed by atoms with Gasteiger partial charge in [0.25, 0.3) is 0 Å². The molecule has 0 saturated carbocycles. The molecule has 1 amide bonds. The van der Waals surface area contributed by atoms with Gasteiger partial charge < -0.3 is 20.5 Å². The molecular weight excluding hydrogens is 196 g/mol. The van der Waals surface area contributed by atoms with Gasteiger partial charge in [0.2, 0.25) is 0 Å². The molecule has 0 radical (unpaired) electrons. The molecule has 1 rings (SSSR count). The highest BCUT2D eigenvalue weighted by molar-refractivity contribution is 5.68. The van der Waals surface area contributed by atoms with E-state index < -0.39 is 11.7 Å². The second-order valence-corrected chi connectivity index (χ2v) is 4.85. The highest BCUT2D eigenvalue weighted by atomic mass is 16.6. The Hall–Kier alpha value is -0.810. The van der Waals surface area contributed by atoms with E-state index in [0.29, 0.717) is 6.54 Å². The minimum atomic E-state index is -0.481. The third kappa shape index (κ3) is 4.05. The van der Waals surface area contributed by atoms with Gasteiger partial charge in [0.05, 0.1) is 6.04 Å². The first kappa shape index (κ1) is 12.3. The predicted molar refractivity (Wildman–Crippen MR) is 56.6 cm³/mol. The number of carbonyl (C=O) groups excluding carboxylic acids is 1. The van der Waals surface area contributed by atoms with E-state index in [1.54, 1.807) is 0 Å². The number of alkyl carbamates (subject to hydrolysis) is 1. The summed E-state index contributed by atoms with van der Waals surface area (Å²) >= 11 is 0. The summed E-state index contributed by atoms with van der Waals surface area (Å²) < 4.78 is 5.13. The largest absolute Gasteiger partial charge is 0.444 e. The molecule has 5 nitrogen and oxygen atoms in total. The lowest BCUT2D eigenvalue weighted by Crippen LogP contribution is -2.43. The van der Waals surface area contributed by atoms with Crippen LogP contribution in [0.2, 0.25) is 0 Å². The van der Waals surface area contributed by atoms with Gasteiger partial charge >= 0.3 is 6.09 Å². The number of rotatable bonds is 2. The van der Waals surface area contributed by atoms with E-state index in [1.807, 2.05) is 20.8 Å². The zero-order chi connectivity index (χ0) is 11.5. The molecule has 0 aromatic carbocycles. The van der Waals surface area contributed by atoms with Crippen LogP contribution >= 0.6 is 0 Å². The number of nitrogens with one attached hydrogen (secondary N) is 2. The molecule has 88 valence electrons. The predicted octanol–water partition coefficient (Wildman–Crippen LogP) is 0.0914. The van der Waals surface area contributed by atoms with E-state index in [-0.39, 0.29) is 18.6 Å². The summed E-state index contributed by atoms with van der Waals surface area (Å²) in [5.41, 5.74) is -0.481. The van der Waals surface area contributed by atoms with Crippen LogP contribution in [0, 0.1) is 5.92 Å². The SMILES string of the molecule is CC(C)(C)OC(=O)N[C@@H]1CNC[C@H]1CO. The molecule has 1 saturated heterocycles. The van der Waals surface area contributed by atoms with Gasteiger partial charge in [0.15, 0.2) is 0 Å². The van der Waals surface area contributed by atoms with Crippen LogP contribution in [-0.4, -0.2) is 42.5 Å². The van der Waals surface area contributed by atoms with Crippen molar-refractivity contribution in [3.8, 4) is 0 Å². The molecule has 0 spiro atoms. The summed E-state index contributed by atoms with van der Waals surface area (Å²) in [5.74, 6) is 0.0810. The quantitative estimate of drug-likeness (QED) is 0.612. The van der Waals surface area contributed by atoms with Gasteiger partial charge in [-0.2, -0.15) is 0 Å². The topological polar surface area (TPSA) is 70.6 Å². The number of aliphatic hydroxyl groups is 1. The Balaban J connectivity index is 2.37. The number of carbonyl (C=O) groups is 1. The van der Waals surface area contributed by atoms with Crippen LogP contribution in [0.15, 0.2) is 0 Å². The number of amides is 1. The average molecular weight is 216 g/mol. The summed E-state index contributed by atoms with van der Waals surface area (Å²) in [6.07, 6.45) is -0.422. The first-order chi connectivity index (χ1) is 6.92. The van der Waals surface area contributed by atoms with Gasteiger partial charge in [0, 0.05) is 25.6 Å². The third-order valence-corrected chi connectivity index (χ3v) is 2.28. The Bertz CT molecular complexity index is 225. The molecule has 2 atom stereocenters. The molecule has 1 fully saturated rings. The molecule has 3 N–H and O–H groups in total.